The lowest BCUT2D eigenvalue weighted by atomic mass is 9.87. The van der Waals surface area contributed by atoms with Crippen LogP contribution >= 0.6 is 0 Å². The highest BCUT2D eigenvalue weighted by molar-refractivity contribution is 6.10. The summed E-state index contributed by atoms with van der Waals surface area (Å²) in [7, 11) is 0. The number of imide groups is 1. The first-order chi connectivity index (χ1) is 13.9. The average molecular weight is 399 g/mol. The monoisotopic (exact) mass is 399 g/mol. The summed E-state index contributed by atoms with van der Waals surface area (Å²) in [6.45, 7) is 3.72. The summed E-state index contributed by atoms with van der Waals surface area (Å²) in [5, 5.41) is 5.32. The number of carbonyl (C=O) groups excluding carboxylic acids is 3. The normalized spacial score (nSPS) is 18.5. The van der Waals surface area contributed by atoms with E-state index in [4.69, 9.17) is 4.74 Å². The van der Waals surface area contributed by atoms with E-state index in [0.717, 1.165) is 4.90 Å². The van der Waals surface area contributed by atoms with Gasteiger partial charge in [0.05, 0.1) is 6.61 Å². The van der Waals surface area contributed by atoms with E-state index < -0.39 is 35.7 Å². The number of halogens is 1. The van der Waals surface area contributed by atoms with E-state index in [1.165, 1.54) is 24.3 Å². The Morgan fingerprint density at radius 2 is 1.76 bits per heavy atom. The molecule has 1 atom stereocenters. The molecule has 0 unspecified atom stereocenters. The lowest BCUT2D eigenvalue weighted by Gasteiger charge is -2.25. The molecule has 2 aromatic rings. The van der Waals surface area contributed by atoms with Crippen LogP contribution in [-0.2, 0) is 15.1 Å². The molecule has 29 heavy (non-hydrogen) atoms. The number of carbonyl (C=O) groups is 3. The molecule has 2 aromatic carbocycles. The summed E-state index contributed by atoms with van der Waals surface area (Å²) < 4.78 is 18.6. The van der Waals surface area contributed by atoms with Gasteiger partial charge in [-0.05, 0) is 55.3 Å². The van der Waals surface area contributed by atoms with E-state index >= 15 is 0 Å². The highest BCUT2D eigenvalue weighted by Gasteiger charge is 2.51. The van der Waals surface area contributed by atoms with Crippen molar-refractivity contribution in [3.8, 4) is 5.75 Å². The predicted molar refractivity (Wildman–Crippen MR) is 105 cm³/mol. The largest absolute Gasteiger partial charge is 0.494 e. The van der Waals surface area contributed by atoms with Crippen LogP contribution in [-0.4, -0.2) is 35.9 Å². The fraction of sp³-hybridized carbons (Fsp3) is 0.286. The number of anilines is 1. The number of urea groups is 1. The van der Waals surface area contributed by atoms with Gasteiger partial charge in [0.2, 0.25) is 5.91 Å². The Hall–Kier alpha value is -3.42. The number of rotatable bonds is 7. The van der Waals surface area contributed by atoms with Crippen molar-refractivity contribution in [2.24, 2.45) is 0 Å². The molecule has 2 N–H and O–H groups in total. The Bertz CT molecular complexity index is 915. The topological polar surface area (TPSA) is 87.7 Å². The molecular formula is C21H22FN3O4. The van der Waals surface area contributed by atoms with E-state index in [-0.39, 0.29) is 6.42 Å². The lowest BCUT2D eigenvalue weighted by molar-refractivity contribution is -0.134. The van der Waals surface area contributed by atoms with Crippen LogP contribution < -0.4 is 15.4 Å². The highest BCUT2D eigenvalue weighted by atomic mass is 19.1. The van der Waals surface area contributed by atoms with Gasteiger partial charge in [-0.15, -0.1) is 0 Å². The van der Waals surface area contributed by atoms with Crippen LogP contribution in [0.25, 0.3) is 0 Å². The van der Waals surface area contributed by atoms with Crippen molar-refractivity contribution in [2.45, 2.75) is 25.8 Å². The standard InChI is InChI=1S/C21H22FN3O4/c1-3-21(14-5-7-15(22)8-6-14)19(27)25(20(28)24-21)13-18(26)23-16-9-11-17(12-10-16)29-4-2/h5-12H,3-4,13H2,1-2H3,(H,23,26)(H,24,28)/t21-/m0/s1. The molecule has 8 heteroatoms. The van der Waals surface area contributed by atoms with E-state index in [1.54, 1.807) is 31.2 Å². The third-order valence-corrected chi connectivity index (χ3v) is 4.79. The number of hydrogen-bond donors (Lipinski definition) is 2. The summed E-state index contributed by atoms with van der Waals surface area (Å²) in [4.78, 5) is 38.7. The maximum Gasteiger partial charge on any atom is 0.325 e. The van der Waals surface area contributed by atoms with Crippen molar-refractivity contribution in [2.75, 3.05) is 18.5 Å². The number of nitrogens with zero attached hydrogens (tertiary/aromatic N) is 1. The van der Waals surface area contributed by atoms with Gasteiger partial charge < -0.3 is 15.4 Å². The summed E-state index contributed by atoms with van der Waals surface area (Å²) in [6.07, 6.45) is 0.264. The fourth-order valence-electron chi connectivity index (χ4n) is 3.29. The quantitative estimate of drug-likeness (QED) is 0.701. The fourth-order valence-corrected chi connectivity index (χ4v) is 3.29. The van der Waals surface area contributed by atoms with Crippen LogP contribution in [0.4, 0.5) is 14.9 Å². The maximum absolute atomic E-state index is 13.3. The van der Waals surface area contributed by atoms with Crippen molar-refractivity contribution in [3.63, 3.8) is 0 Å². The van der Waals surface area contributed by atoms with Crippen LogP contribution in [0.15, 0.2) is 48.5 Å². The minimum absolute atomic E-state index is 0.264. The number of ether oxygens (including phenoxy) is 1. The first-order valence-corrected chi connectivity index (χ1v) is 9.32. The third-order valence-electron chi connectivity index (χ3n) is 4.79. The molecular weight excluding hydrogens is 377 g/mol. The second-order valence-electron chi connectivity index (χ2n) is 6.59. The minimum Gasteiger partial charge on any atom is -0.494 e. The SMILES string of the molecule is CCOc1ccc(NC(=O)CN2C(=O)N[C@@](CC)(c3ccc(F)cc3)C2=O)cc1. The highest BCUT2D eigenvalue weighted by Crippen LogP contribution is 2.32. The zero-order valence-corrected chi connectivity index (χ0v) is 16.2. The summed E-state index contributed by atoms with van der Waals surface area (Å²) >= 11 is 0. The first kappa shape index (κ1) is 20.3. The van der Waals surface area contributed by atoms with Gasteiger partial charge in [0.25, 0.3) is 5.91 Å². The van der Waals surface area contributed by atoms with Gasteiger partial charge in [-0.25, -0.2) is 9.18 Å². The first-order valence-electron chi connectivity index (χ1n) is 9.32. The Morgan fingerprint density at radius 1 is 1.10 bits per heavy atom. The van der Waals surface area contributed by atoms with Gasteiger partial charge in [0.15, 0.2) is 0 Å². The van der Waals surface area contributed by atoms with Crippen LogP contribution in [0.5, 0.6) is 5.75 Å². The van der Waals surface area contributed by atoms with E-state index in [9.17, 15) is 18.8 Å². The minimum atomic E-state index is -1.32. The Kier molecular flexibility index (Phi) is 5.81. The van der Waals surface area contributed by atoms with Crippen LogP contribution in [0.2, 0.25) is 0 Å². The molecule has 0 saturated carbocycles. The second kappa shape index (κ2) is 8.30. The molecule has 3 rings (SSSR count). The molecule has 0 bridgehead atoms. The smallest absolute Gasteiger partial charge is 0.325 e. The van der Waals surface area contributed by atoms with E-state index in [0.29, 0.717) is 23.6 Å². The molecule has 4 amide bonds. The van der Waals surface area contributed by atoms with Crippen LogP contribution in [0, 0.1) is 5.82 Å². The van der Waals surface area contributed by atoms with Gasteiger partial charge in [-0.3, -0.25) is 14.5 Å². The summed E-state index contributed by atoms with van der Waals surface area (Å²) in [6, 6.07) is 11.5. The maximum atomic E-state index is 13.3. The Labute approximate surface area is 167 Å². The zero-order chi connectivity index (χ0) is 21.0. The Balaban J connectivity index is 1.72. The average Bonchev–Trinajstić information content (AvgIpc) is 2.95. The van der Waals surface area contributed by atoms with Gasteiger partial charge in [0, 0.05) is 5.69 Å². The molecule has 0 aromatic heterocycles. The van der Waals surface area contributed by atoms with Crippen molar-refractivity contribution in [1.82, 2.24) is 10.2 Å². The van der Waals surface area contributed by atoms with Crippen LogP contribution in [0.3, 0.4) is 0 Å². The third kappa shape index (κ3) is 4.06. The molecule has 1 saturated heterocycles. The molecule has 0 radical (unpaired) electrons. The van der Waals surface area contributed by atoms with Gasteiger partial charge in [-0.2, -0.15) is 0 Å². The van der Waals surface area contributed by atoms with Crippen LogP contribution in [0.1, 0.15) is 25.8 Å². The van der Waals surface area contributed by atoms with Crippen molar-refractivity contribution >= 4 is 23.5 Å². The van der Waals surface area contributed by atoms with Crippen molar-refractivity contribution in [1.29, 1.82) is 0 Å². The van der Waals surface area contributed by atoms with E-state index in [1.807, 2.05) is 6.92 Å². The molecule has 1 heterocycles. The number of amides is 4. The molecule has 1 fully saturated rings. The lowest BCUT2D eigenvalue weighted by Crippen LogP contribution is -2.44. The molecule has 0 spiro atoms. The number of benzene rings is 2. The molecule has 1 aliphatic heterocycles. The summed E-state index contributed by atoms with van der Waals surface area (Å²) in [5.74, 6) is -0.822. The van der Waals surface area contributed by atoms with Crippen molar-refractivity contribution in [3.05, 3.63) is 59.9 Å². The van der Waals surface area contributed by atoms with Crippen molar-refractivity contribution < 1.29 is 23.5 Å². The summed E-state index contributed by atoms with van der Waals surface area (Å²) in [5.41, 5.74) is -0.329. The second-order valence-corrected chi connectivity index (χ2v) is 6.59. The molecule has 1 aliphatic rings. The predicted octanol–water partition coefficient (Wildman–Crippen LogP) is 3.02. The Morgan fingerprint density at radius 3 is 2.34 bits per heavy atom. The zero-order valence-electron chi connectivity index (χ0n) is 16.2. The number of nitrogens with one attached hydrogen (secondary N) is 2. The molecule has 7 nitrogen and oxygen atoms in total. The van der Waals surface area contributed by atoms with Gasteiger partial charge >= 0.3 is 6.03 Å². The van der Waals surface area contributed by atoms with Gasteiger partial charge in [-0.1, -0.05) is 19.1 Å². The van der Waals surface area contributed by atoms with E-state index in [2.05, 4.69) is 10.6 Å². The molecule has 152 valence electrons. The van der Waals surface area contributed by atoms with Gasteiger partial charge in [0.1, 0.15) is 23.7 Å². The molecule has 0 aliphatic carbocycles. The number of hydrogen-bond acceptors (Lipinski definition) is 4.